The second-order valence-electron chi connectivity index (χ2n) is 5.80. The van der Waals surface area contributed by atoms with Gasteiger partial charge in [-0.3, -0.25) is 4.79 Å². The highest BCUT2D eigenvalue weighted by Crippen LogP contribution is 2.22. The van der Waals surface area contributed by atoms with Crippen molar-refractivity contribution in [2.45, 2.75) is 26.3 Å². The molecule has 0 radical (unpaired) electrons. The summed E-state index contributed by atoms with van der Waals surface area (Å²) >= 11 is 0. The minimum absolute atomic E-state index is 0.0276. The molecule has 0 aliphatic rings. The lowest BCUT2D eigenvalue weighted by Gasteiger charge is -2.22. The lowest BCUT2D eigenvalue weighted by atomic mass is 9.99. The number of hydrogen-bond acceptors (Lipinski definition) is 4. The first kappa shape index (κ1) is 18.5. The van der Waals surface area contributed by atoms with E-state index in [-0.39, 0.29) is 11.8 Å². The second kappa shape index (κ2) is 8.87. The lowest BCUT2D eigenvalue weighted by Crippen LogP contribution is -2.45. The maximum Gasteiger partial charge on any atom is 0.328 e. The molecule has 2 rings (SSSR count). The van der Waals surface area contributed by atoms with E-state index in [0.717, 1.165) is 6.42 Å². The summed E-state index contributed by atoms with van der Waals surface area (Å²) in [5, 5.41) is 2.76. The number of esters is 1. The topological polar surface area (TPSA) is 64.6 Å². The number of rotatable bonds is 7. The SMILES string of the molecule is CC[C@@H](C)[C@H](NC(=O)c1cccc(Oc2ccccc2)c1)C(=O)OC. The van der Waals surface area contributed by atoms with Crippen molar-refractivity contribution in [1.29, 1.82) is 0 Å². The highest BCUT2D eigenvalue weighted by molar-refractivity contribution is 5.97. The van der Waals surface area contributed by atoms with Crippen LogP contribution in [0.1, 0.15) is 30.6 Å². The van der Waals surface area contributed by atoms with E-state index < -0.39 is 12.0 Å². The van der Waals surface area contributed by atoms with Crippen LogP contribution < -0.4 is 10.1 Å². The first-order valence-electron chi connectivity index (χ1n) is 8.26. The van der Waals surface area contributed by atoms with Crippen molar-refractivity contribution in [3.63, 3.8) is 0 Å². The Morgan fingerprint density at radius 1 is 1.04 bits per heavy atom. The van der Waals surface area contributed by atoms with Gasteiger partial charge in [0.25, 0.3) is 5.91 Å². The maximum atomic E-state index is 12.5. The summed E-state index contributed by atoms with van der Waals surface area (Å²) in [6.07, 6.45) is 0.747. The number of benzene rings is 2. The molecule has 0 aromatic heterocycles. The molecule has 1 amide bonds. The molecular formula is C20H23NO4. The third kappa shape index (κ3) is 5.08. The van der Waals surface area contributed by atoms with Crippen LogP contribution in [0.2, 0.25) is 0 Å². The van der Waals surface area contributed by atoms with E-state index in [2.05, 4.69) is 5.32 Å². The van der Waals surface area contributed by atoms with Gasteiger partial charge in [-0.05, 0) is 36.2 Å². The van der Waals surface area contributed by atoms with Gasteiger partial charge in [-0.2, -0.15) is 0 Å². The molecule has 0 aliphatic carbocycles. The molecular weight excluding hydrogens is 318 g/mol. The van der Waals surface area contributed by atoms with Crippen LogP contribution in [0.4, 0.5) is 0 Å². The van der Waals surface area contributed by atoms with Gasteiger partial charge in [-0.15, -0.1) is 0 Å². The van der Waals surface area contributed by atoms with E-state index in [1.54, 1.807) is 24.3 Å². The van der Waals surface area contributed by atoms with E-state index in [1.165, 1.54) is 7.11 Å². The molecule has 2 atom stereocenters. The van der Waals surface area contributed by atoms with Gasteiger partial charge in [0.05, 0.1) is 7.11 Å². The molecule has 0 saturated heterocycles. The number of carbonyl (C=O) groups excluding carboxylic acids is 2. The molecule has 0 spiro atoms. The van der Waals surface area contributed by atoms with E-state index in [9.17, 15) is 9.59 Å². The first-order valence-corrected chi connectivity index (χ1v) is 8.26. The van der Waals surface area contributed by atoms with Gasteiger partial charge < -0.3 is 14.8 Å². The monoisotopic (exact) mass is 341 g/mol. The largest absolute Gasteiger partial charge is 0.467 e. The third-order valence-corrected chi connectivity index (χ3v) is 4.03. The minimum Gasteiger partial charge on any atom is -0.467 e. The van der Waals surface area contributed by atoms with Gasteiger partial charge >= 0.3 is 5.97 Å². The summed E-state index contributed by atoms with van der Waals surface area (Å²) in [5.41, 5.74) is 0.422. The first-order chi connectivity index (χ1) is 12.0. The number of ether oxygens (including phenoxy) is 2. The van der Waals surface area contributed by atoms with Gasteiger partial charge in [0.15, 0.2) is 0 Å². The fourth-order valence-electron chi connectivity index (χ4n) is 2.35. The standard InChI is InChI=1S/C20H23NO4/c1-4-14(2)18(20(23)24-3)21-19(22)15-9-8-12-17(13-15)25-16-10-6-5-7-11-16/h5-14,18H,4H2,1-3H3,(H,21,22)/t14-,18+/m1/s1. The van der Waals surface area contributed by atoms with Crippen LogP contribution in [0, 0.1) is 5.92 Å². The minimum atomic E-state index is -0.679. The number of amides is 1. The molecule has 5 nitrogen and oxygen atoms in total. The number of hydrogen-bond donors (Lipinski definition) is 1. The predicted octanol–water partition coefficient (Wildman–Crippen LogP) is 3.80. The van der Waals surface area contributed by atoms with Crippen molar-refractivity contribution in [2.24, 2.45) is 5.92 Å². The molecule has 2 aromatic carbocycles. The molecule has 1 N–H and O–H groups in total. The van der Waals surface area contributed by atoms with Gasteiger partial charge in [0.2, 0.25) is 0 Å². The second-order valence-corrected chi connectivity index (χ2v) is 5.80. The van der Waals surface area contributed by atoms with Crippen molar-refractivity contribution in [3.05, 3.63) is 60.2 Å². The Labute approximate surface area is 148 Å². The third-order valence-electron chi connectivity index (χ3n) is 4.03. The molecule has 0 bridgehead atoms. The molecule has 132 valence electrons. The van der Waals surface area contributed by atoms with Crippen molar-refractivity contribution in [2.75, 3.05) is 7.11 Å². The predicted molar refractivity (Wildman–Crippen MR) is 95.7 cm³/mol. The van der Waals surface area contributed by atoms with Crippen LogP contribution in [0.15, 0.2) is 54.6 Å². The Kier molecular flexibility index (Phi) is 6.57. The van der Waals surface area contributed by atoms with Crippen LogP contribution in [-0.4, -0.2) is 25.0 Å². The average molecular weight is 341 g/mol. The summed E-state index contributed by atoms with van der Waals surface area (Å²) in [6.45, 7) is 3.86. The molecule has 5 heteroatoms. The van der Waals surface area contributed by atoms with Crippen LogP contribution in [0.5, 0.6) is 11.5 Å². The average Bonchev–Trinajstić information content (AvgIpc) is 2.65. The molecule has 0 aliphatic heterocycles. The Hall–Kier alpha value is -2.82. The van der Waals surface area contributed by atoms with E-state index >= 15 is 0 Å². The van der Waals surface area contributed by atoms with Gasteiger partial charge in [0, 0.05) is 5.56 Å². The van der Waals surface area contributed by atoms with E-state index in [4.69, 9.17) is 9.47 Å². The van der Waals surface area contributed by atoms with E-state index in [0.29, 0.717) is 17.1 Å². The zero-order valence-corrected chi connectivity index (χ0v) is 14.7. The van der Waals surface area contributed by atoms with Crippen LogP contribution in [-0.2, 0) is 9.53 Å². The van der Waals surface area contributed by atoms with Crippen molar-refractivity contribution < 1.29 is 19.1 Å². The van der Waals surface area contributed by atoms with Crippen molar-refractivity contribution in [3.8, 4) is 11.5 Å². The molecule has 2 aromatic rings. The maximum absolute atomic E-state index is 12.5. The number of nitrogens with one attached hydrogen (secondary N) is 1. The normalized spacial score (nSPS) is 12.8. The summed E-state index contributed by atoms with van der Waals surface area (Å²) < 4.78 is 10.5. The Morgan fingerprint density at radius 3 is 2.36 bits per heavy atom. The fraction of sp³-hybridized carbons (Fsp3) is 0.300. The summed E-state index contributed by atoms with van der Waals surface area (Å²) in [4.78, 5) is 24.5. The molecule has 25 heavy (non-hydrogen) atoms. The van der Waals surface area contributed by atoms with E-state index in [1.807, 2.05) is 44.2 Å². The van der Waals surface area contributed by atoms with Gasteiger partial charge in [-0.1, -0.05) is 44.5 Å². The quantitative estimate of drug-likeness (QED) is 0.778. The fourth-order valence-corrected chi connectivity index (χ4v) is 2.35. The molecule has 0 fully saturated rings. The Bertz CT molecular complexity index is 715. The number of carbonyl (C=O) groups is 2. The number of methoxy groups -OCH3 is 1. The lowest BCUT2D eigenvalue weighted by molar-refractivity contribution is -0.144. The van der Waals surface area contributed by atoms with Gasteiger partial charge in [0.1, 0.15) is 17.5 Å². The van der Waals surface area contributed by atoms with Crippen molar-refractivity contribution in [1.82, 2.24) is 5.32 Å². The van der Waals surface area contributed by atoms with Gasteiger partial charge in [-0.25, -0.2) is 4.79 Å². The Morgan fingerprint density at radius 2 is 1.72 bits per heavy atom. The highest BCUT2D eigenvalue weighted by atomic mass is 16.5. The number of para-hydroxylation sites is 1. The van der Waals surface area contributed by atoms with Crippen molar-refractivity contribution >= 4 is 11.9 Å². The summed E-state index contributed by atoms with van der Waals surface area (Å²) in [7, 11) is 1.32. The molecule has 0 heterocycles. The highest BCUT2D eigenvalue weighted by Gasteiger charge is 2.27. The van der Waals surface area contributed by atoms with Crippen LogP contribution >= 0.6 is 0 Å². The zero-order valence-electron chi connectivity index (χ0n) is 14.7. The summed E-state index contributed by atoms with van der Waals surface area (Å²) in [5.74, 6) is 0.429. The molecule has 0 unspecified atom stereocenters. The Balaban J connectivity index is 2.13. The molecule has 0 saturated carbocycles. The zero-order chi connectivity index (χ0) is 18.2. The van der Waals surface area contributed by atoms with Crippen LogP contribution in [0.25, 0.3) is 0 Å². The van der Waals surface area contributed by atoms with Crippen LogP contribution in [0.3, 0.4) is 0 Å². The smallest absolute Gasteiger partial charge is 0.328 e. The summed E-state index contributed by atoms with van der Waals surface area (Å²) in [6, 6.07) is 15.5.